The van der Waals surface area contributed by atoms with E-state index in [1.165, 1.54) is 0 Å². The number of hydrogen-bond donors (Lipinski definition) is 3. The van der Waals surface area contributed by atoms with Crippen LogP contribution in [-0.2, 0) is 0 Å². The molecular weight excluding hydrogens is 297 g/mol. The van der Waals surface area contributed by atoms with Crippen molar-refractivity contribution in [1.29, 1.82) is 0 Å². The van der Waals surface area contributed by atoms with Crippen LogP contribution in [0.15, 0.2) is 12.1 Å². The topological polar surface area (TPSA) is 61.4 Å². The molecule has 4 nitrogen and oxygen atoms in total. The summed E-state index contributed by atoms with van der Waals surface area (Å²) in [7, 11) is 0. The monoisotopic (exact) mass is 316 g/mol. The standard InChI is InChI=1S/C15H19F3N2O2/c16-10-7-11(17)13(12(18)8-10)20-14(21)19-9-15(22)5-3-1-2-4-6-15/h7-8,22H,1-6,9H2,(H2,19,20,21). The first kappa shape index (κ1) is 16.6. The van der Waals surface area contributed by atoms with Crippen molar-refractivity contribution in [3.63, 3.8) is 0 Å². The first-order valence-corrected chi connectivity index (χ1v) is 7.31. The lowest BCUT2D eigenvalue weighted by atomic mass is 9.95. The molecule has 122 valence electrons. The molecule has 1 aliphatic carbocycles. The number of halogens is 3. The van der Waals surface area contributed by atoms with Crippen LogP contribution in [-0.4, -0.2) is 23.3 Å². The minimum absolute atomic E-state index is 0.00324. The van der Waals surface area contributed by atoms with Crippen molar-refractivity contribution in [2.75, 3.05) is 11.9 Å². The van der Waals surface area contributed by atoms with Gasteiger partial charge in [-0.2, -0.15) is 0 Å². The first-order chi connectivity index (χ1) is 10.4. The van der Waals surface area contributed by atoms with Crippen LogP contribution >= 0.6 is 0 Å². The van der Waals surface area contributed by atoms with Crippen LogP contribution in [0.5, 0.6) is 0 Å². The fraction of sp³-hybridized carbons (Fsp3) is 0.533. The molecule has 3 N–H and O–H groups in total. The van der Waals surface area contributed by atoms with Gasteiger partial charge in [-0.3, -0.25) is 0 Å². The Morgan fingerprint density at radius 1 is 1.09 bits per heavy atom. The van der Waals surface area contributed by atoms with Gasteiger partial charge < -0.3 is 15.7 Å². The van der Waals surface area contributed by atoms with Gasteiger partial charge in [0.1, 0.15) is 11.5 Å². The fourth-order valence-electron chi connectivity index (χ4n) is 2.63. The molecule has 0 atom stereocenters. The van der Waals surface area contributed by atoms with Crippen molar-refractivity contribution in [3.8, 4) is 0 Å². The van der Waals surface area contributed by atoms with Gasteiger partial charge in [-0.15, -0.1) is 0 Å². The van der Waals surface area contributed by atoms with Crippen LogP contribution in [0.3, 0.4) is 0 Å². The molecule has 1 aromatic carbocycles. The minimum atomic E-state index is -1.19. The van der Waals surface area contributed by atoms with E-state index in [4.69, 9.17) is 0 Å². The van der Waals surface area contributed by atoms with Crippen molar-refractivity contribution in [3.05, 3.63) is 29.6 Å². The Kier molecular flexibility index (Phi) is 5.28. The van der Waals surface area contributed by atoms with Gasteiger partial charge in [0.2, 0.25) is 0 Å². The summed E-state index contributed by atoms with van der Waals surface area (Å²) in [6.07, 6.45) is 4.99. The lowest BCUT2D eigenvalue weighted by Crippen LogP contribution is -2.44. The Morgan fingerprint density at radius 2 is 1.64 bits per heavy atom. The van der Waals surface area contributed by atoms with Crippen LogP contribution < -0.4 is 10.6 Å². The zero-order valence-electron chi connectivity index (χ0n) is 12.1. The molecule has 2 rings (SSSR count). The van der Waals surface area contributed by atoms with E-state index in [1.807, 2.05) is 5.32 Å². The van der Waals surface area contributed by atoms with E-state index >= 15 is 0 Å². The Labute approximate surface area is 126 Å². The third kappa shape index (κ3) is 4.37. The predicted octanol–water partition coefficient (Wildman–Crippen LogP) is 3.31. The van der Waals surface area contributed by atoms with Crippen molar-refractivity contribution in [2.45, 2.75) is 44.1 Å². The Bertz CT molecular complexity index is 521. The van der Waals surface area contributed by atoms with Gasteiger partial charge in [0.05, 0.1) is 5.60 Å². The highest BCUT2D eigenvalue weighted by atomic mass is 19.1. The summed E-state index contributed by atoms with van der Waals surface area (Å²) < 4.78 is 39.6. The van der Waals surface area contributed by atoms with E-state index in [1.54, 1.807) is 0 Å². The molecule has 0 spiro atoms. The second-order valence-electron chi connectivity index (χ2n) is 5.69. The predicted molar refractivity (Wildman–Crippen MR) is 76.0 cm³/mol. The highest BCUT2D eigenvalue weighted by Gasteiger charge is 2.28. The van der Waals surface area contributed by atoms with E-state index in [0.717, 1.165) is 25.7 Å². The molecule has 0 aliphatic heterocycles. The van der Waals surface area contributed by atoms with E-state index in [0.29, 0.717) is 25.0 Å². The molecule has 0 radical (unpaired) electrons. The number of rotatable bonds is 3. The summed E-state index contributed by atoms with van der Waals surface area (Å²) in [5, 5.41) is 14.8. The number of benzene rings is 1. The van der Waals surface area contributed by atoms with Gasteiger partial charge in [0.25, 0.3) is 0 Å². The maximum absolute atomic E-state index is 13.4. The van der Waals surface area contributed by atoms with Gasteiger partial charge in [-0.25, -0.2) is 18.0 Å². The zero-order valence-corrected chi connectivity index (χ0v) is 12.1. The quantitative estimate of drug-likeness (QED) is 0.749. The second-order valence-corrected chi connectivity index (χ2v) is 5.69. The lowest BCUT2D eigenvalue weighted by molar-refractivity contribution is 0.0281. The number of amides is 2. The molecule has 0 unspecified atom stereocenters. The summed E-state index contributed by atoms with van der Waals surface area (Å²) >= 11 is 0. The first-order valence-electron chi connectivity index (χ1n) is 7.31. The van der Waals surface area contributed by atoms with E-state index in [9.17, 15) is 23.1 Å². The highest BCUT2D eigenvalue weighted by molar-refractivity contribution is 5.89. The summed E-state index contributed by atoms with van der Waals surface area (Å²) in [6, 6.07) is 0.122. The molecule has 0 heterocycles. The third-order valence-corrected chi connectivity index (χ3v) is 3.86. The summed E-state index contributed by atoms with van der Waals surface area (Å²) in [4.78, 5) is 11.7. The fourth-order valence-corrected chi connectivity index (χ4v) is 2.63. The molecule has 0 saturated heterocycles. The van der Waals surface area contributed by atoms with Gasteiger partial charge in [-0.05, 0) is 12.8 Å². The van der Waals surface area contributed by atoms with Gasteiger partial charge in [-0.1, -0.05) is 25.7 Å². The average molecular weight is 316 g/mol. The molecule has 0 aromatic heterocycles. The molecule has 1 fully saturated rings. The van der Waals surface area contributed by atoms with Crippen molar-refractivity contribution in [1.82, 2.24) is 5.32 Å². The van der Waals surface area contributed by atoms with E-state index in [2.05, 4.69) is 5.32 Å². The number of urea groups is 1. The SMILES string of the molecule is O=C(NCC1(O)CCCCCC1)Nc1c(F)cc(F)cc1F. The number of anilines is 1. The number of nitrogens with one attached hydrogen (secondary N) is 2. The second kappa shape index (κ2) is 7.00. The summed E-state index contributed by atoms with van der Waals surface area (Å²) in [5.41, 5.74) is -1.71. The molecule has 22 heavy (non-hydrogen) atoms. The lowest BCUT2D eigenvalue weighted by Gasteiger charge is -2.26. The Morgan fingerprint density at radius 3 is 2.18 bits per heavy atom. The van der Waals surface area contributed by atoms with Crippen molar-refractivity contribution < 1.29 is 23.1 Å². The molecule has 0 bridgehead atoms. The van der Waals surface area contributed by atoms with Crippen LogP contribution in [0, 0.1) is 17.5 Å². The average Bonchev–Trinajstić information content (AvgIpc) is 2.66. The Hall–Kier alpha value is -1.76. The maximum atomic E-state index is 13.4. The molecular formula is C15H19F3N2O2. The zero-order chi connectivity index (χ0) is 16.2. The van der Waals surface area contributed by atoms with Gasteiger partial charge in [0, 0.05) is 18.7 Å². The van der Waals surface area contributed by atoms with Gasteiger partial charge in [0.15, 0.2) is 11.6 Å². The van der Waals surface area contributed by atoms with Crippen LogP contribution in [0.1, 0.15) is 38.5 Å². The largest absolute Gasteiger partial charge is 0.388 e. The van der Waals surface area contributed by atoms with Crippen LogP contribution in [0.25, 0.3) is 0 Å². The summed E-state index contributed by atoms with van der Waals surface area (Å²) in [6.45, 7) is 0.00324. The molecule has 1 aliphatic rings. The molecule has 2 amide bonds. The highest BCUT2D eigenvalue weighted by Crippen LogP contribution is 2.26. The van der Waals surface area contributed by atoms with Crippen LogP contribution in [0.2, 0.25) is 0 Å². The minimum Gasteiger partial charge on any atom is -0.388 e. The molecule has 7 heteroatoms. The smallest absolute Gasteiger partial charge is 0.319 e. The number of carbonyl (C=O) groups excluding carboxylic acids is 1. The molecule has 1 aromatic rings. The van der Waals surface area contributed by atoms with Crippen molar-refractivity contribution >= 4 is 11.7 Å². The number of carbonyl (C=O) groups is 1. The third-order valence-electron chi connectivity index (χ3n) is 3.86. The normalized spacial score (nSPS) is 17.6. The van der Waals surface area contributed by atoms with Crippen LogP contribution in [0.4, 0.5) is 23.7 Å². The maximum Gasteiger partial charge on any atom is 0.319 e. The Balaban J connectivity index is 1.93. The van der Waals surface area contributed by atoms with Gasteiger partial charge >= 0.3 is 6.03 Å². The van der Waals surface area contributed by atoms with Crippen molar-refractivity contribution in [2.24, 2.45) is 0 Å². The number of aliphatic hydroxyl groups is 1. The van der Waals surface area contributed by atoms with E-state index in [-0.39, 0.29) is 6.54 Å². The summed E-state index contributed by atoms with van der Waals surface area (Å²) in [5.74, 6) is -3.45. The molecule has 1 saturated carbocycles. The number of hydrogen-bond acceptors (Lipinski definition) is 2. The van der Waals surface area contributed by atoms with E-state index < -0.39 is 34.8 Å².